The number of hydrogen-bond acceptors (Lipinski definition) is 2. The van der Waals surface area contributed by atoms with E-state index in [1.165, 1.54) is 0 Å². The second-order valence-corrected chi connectivity index (χ2v) is 6.76. The van der Waals surface area contributed by atoms with Crippen LogP contribution in [-0.2, 0) is 9.53 Å². The zero-order chi connectivity index (χ0) is 13.8. The van der Waals surface area contributed by atoms with Gasteiger partial charge in [-0.05, 0) is 43.4 Å². The van der Waals surface area contributed by atoms with Crippen molar-refractivity contribution in [2.75, 3.05) is 6.61 Å². The van der Waals surface area contributed by atoms with Crippen molar-refractivity contribution in [3.05, 3.63) is 0 Å². The molecule has 0 unspecified atom stereocenters. The molecule has 0 N–H and O–H groups in total. The predicted molar refractivity (Wildman–Crippen MR) is 75.7 cm³/mol. The molecule has 1 rings (SSSR count). The maximum Gasteiger partial charge on any atom is 0.164 e. The molecule has 0 amide bonds. The molecule has 0 aromatic heterocycles. The molecule has 0 spiro atoms. The predicted octanol–water partition coefficient (Wildman–Crippen LogP) is 4.37. The topological polar surface area (TPSA) is 26.3 Å². The lowest BCUT2D eigenvalue weighted by molar-refractivity contribution is -0.152. The number of Topliss-reactive ketones (excluding diaryl/α,β-unsaturated/α-hetero) is 1. The van der Waals surface area contributed by atoms with Crippen LogP contribution in [0.5, 0.6) is 0 Å². The number of carbonyl (C=O) groups excluding carboxylic acids is 1. The molecule has 0 bridgehead atoms. The number of carbonyl (C=O) groups is 1. The van der Waals surface area contributed by atoms with E-state index in [0.29, 0.717) is 24.2 Å². The Labute approximate surface area is 112 Å². The molecular weight excluding hydrogens is 224 g/mol. The zero-order valence-corrected chi connectivity index (χ0v) is 12.8. The fraction of sp³-hybridized carbons (Fsp3) is 0.938. The summed E-state index contributed by atoms with van der Waals surface area (Å²) < 4.78 is 5.98. The van der Waals surface area contributed by atoms with Gasteiger partial charge in [0.1, 0.15) is 5.60 Å². The minimum atomic E-state index is -0.452. The van der Waals surface area contributed by atoms with Gasteiger partial charge in [0.15, 0.2) is 5.78 Å². The Hall–Kier alpha value is -0.370. The minimum absolute atomic E-state index is 0.309. The smallest absolute Gasteiger partial charge is 0.164 e. The van der Waals surface area contributed by atoms with Gasteiger partial charge in [0, 0.05) is 13.0 Å². The highest BCUT2D eigenvalue weighted by molar-refractivity contribution is 5.87. The first-order valence-corrected chi connectivity index (χ1v) is 7.53. The summed E-state index contributed by atoms with van der Waals surface area (Å²) in [5, 5.41) is 0. The molecule has 2 nitrogen and oxygen atoms in total. The SMILES string of the molecule is CCCOC1(C(=O)CC)CCC(C(C)(C)C)CC1. The Morgan fingerprint density at radius 1 is 1.22 bits per heavy atom. The van der Waals surface area contributed by atoms with Crippen LogP contribution in [0.15, 0.2) is 0 Å². The molecular formula is C16H30O2. The highest BCUT2D eigenvalue weighted by Gasteiger charge is 2.43. The van der Waals surface area contributed by atoms with Crippen molar-refractivity contribution >= 4 is 5.78 Å². The molecule has 0 aromatic rings. The van der Waals surface area contributed by atoms with Crippen LogP contribution < -0.4 is 0 Å². The molecule has 1 fully saturated rings. The molecule has 2 heteroatoms. The highest BCUT2D eigenvalue weighted by Crippen LogP contribution is 2.43. The lowest BCUT2D eigenvalue weighted by atomic mass is 9.67. The lowest BCUT2D eigenvalue weighted by Gasteiger charge is -2.43. The second-order valence-electron chi connectivity index (χ2n) is 6.76. The molecule has 0 heterocycles. The number of ether oxygens (including phenoxy) is 1. The molecule has 18 heavy (non-hydrogen) atoms. The van der Waals surface area contributed by atoms with Crippen LogP contribution in [0.25, 0.3) is 0 Å². The Balaban J connectivity index is 2.70. The summed E-state index contributed by atoms with van der Waals surface area (Å²) in [7, 11) is 0. The Kier molecular flexibility index (Phi) is 5.39. The lowest BCUT2D eigenvalue weighted by Crippen LogP contribution is -2.46. The minimum Gasteiger partial charge on any atom is -0.367 e. The van der Waals surface area contributed by atoms with Gasteiger partial charge in [0.25, 0.3) is 0 Å². The fourth-order valence-corrected chi connectivity index (χ4v) is 3.07. The molecule has 0 aliphatic heterocycles. The quantitative estimate of drug-likeness (QED) is 0.728. The first kappa shape index (κ1) is 15.7. The first-order valence-electron chi connectivity index (χ1n) is 7.53. The molecule has 1 saturated carbocycles. The van der Waals surface area contributed by atoms with Gasteiger partial charge in [0.05, 0.1) is 0 Å². The Morgan fingerprint density at radius 3 is 2.17 bits per heavy atom. The molecule has 0 atom stereocenters. The van der Waals surface area contributed by atoms with Gasteiger partial charge >= 0.3 is 0 Å². The van der Waals surface area contributed by atoms with Crippen LogP contribution in [0.2, 0.25) is 0 Å². The molecule has 106 valence electrons. The summed E-state index contributed by atoms with van der Waals surface area (Å²) in [6, 6.07) is 0. The van der Waals surface area contributed by atoms with Gasteiger partial charge in [-0.3, -0.25) is 4.79 Å². The van der Waals surface area contributed by atoms with E-state index in [2.05, 4.69) is 27.7 Å². The molecule has 0 saturated heterocycles. The van der Waals surface area contributed by atoms with E-state index in [4.69, 9.17) is 4.74 Å². The molecule has 0 radical (unpaired) electrons. The van der Waals surface area contributed by atoms with Crippen LogP contribution >= 0.6 is 0 Å². The van der Waals surface area contributed by atoms with Gasteiger partial charge in [-0.25, -0.2) is 0 Å². The van der Waals surface area contributed by atoms with E-state index >= 15 is 0 Å². The van der Waals surface area contributed by atoms with Crippen molar-refractivity contribution in [2.45, 2.75) is 78.7 Å². The molecule has 0 aromatic carbocycles. The van der Waals surface area contributed by atoms with Crippen LogP contribution in [0, 0.1) is 11.3 Å². The number of ketones is 1. The van der Waals surface area contributed by atoms with E-state index < -0.39 is 5.60 Å². The van der Waals surface area contributed by atoms with Gasteiger partial charge < -0.3 is 4.74 Å². The summed E-state index contributed by atoms with van der Waals surface area (Å²) in [6.07, 6.45) is 5.67. The zero-order valence-electron chi connectivity index (χ0n) is 12.8. The van der Waals surface area contributed by atoms with Crippen molar-refractivity contribution < 1.29 is 9.53 Å². The first-order chi connectivity index (χ1) is 8.35. The normalized spacial score (nSPS) is 29.3. The average Bonchev–Trinajstić information content (AvgIpc) is 2.34. The monoisotopic (exact) mass is 254 g/mol. The van der Waals surface area contributed by atoms with Crippen molar-refractivity contribution in [2.24, 2.45) is 11.3 Å². The summed E-state index contributed by atoms with van der Waals surface area (Å²) in [6.45, 7) is 11.7. The van der Waals surface area contributed by atoms with Crippen molar-refractivity contribution in [1.82, 2.24) is 0 Å². The summed E-state index contributed by atoms with van der Waals surface area (Å²) in [5.74, 6) is 1.03. The van der Waals surface area contributed by atoms with Crippen LogP contribution in [0.4, 0.5) is 0 Å². The van der Waals surface area contributed by atoms with E-state index in [-0.39, 0.29) is 0 Å². The van der Waals surface area contributed by atoms with Crippen LogP contribution in [0.1, 0.15) is 73.1 Å². The maximum atomic E-state index is 12.2. The fourth-order valence-electron chi connectivity index (χ4n) is 3.07. The summed E-state index contributed by atoms with van der Waals surface area (Å²) >= 11 is 0. The molecule has 1 aliphatic rings. The van der Waals surface area contributed by atoms with E-state index in [1.807, 2.05) is 6.92 Å². The van der Waals surface area contributed by atoms with Crippen LogP contribution in [0.3, 0.4) is 0 Å². The van der Waals surface area contributed by atoms with Gasteiger partial charge in [-0.15, -0.1) is 0 Å². The Bertz CT molecular complexity index is 267. The number of hydrogen-bond donors (Lipinski definition) is 0. The van der Waals surface area contributed by atoms with Gasteiger partial charge in [0.2, 0.25) is 0 Å². The van der Waals surface area contributed by atoms with E-state index in [0.717, 1.165) is 38.0 Å². The standard InChI is InChI=1S/C16H30O2/c1-6-12-18-16(14(17)7-2)10-8-13(9-11-16)15(3,4)5/h13H,6-12H2,1-5H3. The molecule has 1 aliphatic carbocycles. The largest absolute Gasteiger partial charge is 0.367 e. The third kappa shape index (κ3) is 3.57. The van der Waals surface area contributed by atoms with E-state index in [9.17, 15) is 4.79 Å². The third-order valence-electron chi connectivity index (χ3n) is 4.43. The van der Waals surface area contributed by atoms with Crippen LogP contribution in [-0.4, -0.2) is 18.0 Å². The summed E-state index contributed by atoms with van der Waals surface area (Å²) in [4.78, 5) is 12.2. The van der Waals surface area contributed by atoms with Crippen molar-refractivity contribution in [1.29, 1.82) is 0 Å². The average molecular weight is 254 g/mol. The Morgan fingerprint density at radius 2 is 1.78 bits per heavy atom. The van der Waals surface area contributed by atoms with E-state index in [1.54, 1.807) is 0 Å². The third-order valence-corrected chi connectivity index (χ3v) is 4.43. The maximum absolute atomic E-state index is 12.2. The second kappa shape index (κ2) is 6.18. The van der Waals surface area contributed by atoms with Gasteiger partial charge in [-0.2, -0.15) is 0 Å². The summed E-state index contributed by atoms with van der Waals surface area (Å²) in [5.41, 5.74) is -0.0985. The highest BCUT2D eigenvalue weighted by atomic mass is 16.5. The number of rotatable bonds is 5. The van der Waals surface area contributed by atoms with Gasteiger partial charge in [-0.1, -0.05) is 34.6 Å². The van der Waals surface area contributed by atoms with Crippen molar-refractivity contribution in [3.63, 3.8) is 0 Å². The van der Waals surface area contributed by atoms with Crippen molar-refractivity contribution in [3.8, 4) is 0 Å².